The number of benzene rings is 1. The Morgan fingerprint density at radius 2 is 1.78 bits per heavy atom. The Morgan fingerprint density at radius 1 is 1.09 bits per heavy atom. The fourth-order valence-electron chi connectivity index (χ4n) is 4.88. The van der Waals surface area contributed by atoms with Gasteiger partial charge in [-0.05, 0) is 82.3 Å². The highest BCUT2D eigenvalue weighted by Crippen LogP contribution is 2.44. The Labute approximate surface area is 138 Å². The van der Waals surface area contributed by atoms with Gasteiger partial charge in [0.25, 0.3) is 0 Å². The van der Waals surface area contributed by atoms with Gasteiger partial charge in [-0.25, -0.2) is 0 Å². The van der Waals surface area contributed by atoms with Crippen molar-refractivity contribution in [2.24, 2.45) is 0 Å². The van der Waals surface area contributed by atoms with Crippen LogP contribution in [0, 0.1) is 13.8 Å². The summed E-state index contributed by atoms with van der Waals surface area (Å²) in [6.07, 6.45) is 5.71. The number of nitrogens with zero attached hydrogens (tertiary/aromatic N) is 2. The van der Waals surface area contributed by atoms with Gasteiger partial charge in [0, 0.05) is 12.2 Å². The van der Waals surface area contributed by atoms with Gasteiger partial charge in [-0.15, -0.1) is 0 Å². The molecule has 4 rings (SSSR count). The molecule has 0 saturated carbocycles. The summed E-state index contributed by atoms with van der Waals surface area (Å²) in [4.78, 5) is 18.2. The molecular weight excluding hydrogens is 286 g/mol. The Balaban J connectivity index is 1.78. The molecule has 3 aliphatic rings. The van der Waals surface area contributed by atoms with E-state index in [0.717, 1.165) is 44.6 Å². The molecule has 0 unspecified atom stereocenters. The van der Waals surface area contributed by atoms with Crippen molar-refractivity contribution >= 4 is 11.6 Å². The smallest absolute Gasteiger partial charge is 0.248 e. The average molecular weight is 313 g/mol. The summed E-state index contributed by atoms with van der Waals surface area (Å²) in [5.74, 6) is 0.343. The van der Waals surface area contributed by atoms with E-state index in [2.05, 4.69) is 47.2 Å². The number of hydrogen-bond acceptors (Lipinski definition) is 3. The number of rotatable bonds is 1. The van der Waals surface area contributed by atoms with Crippen molar-refractivity contribution < 1.29 is 4.79 Å². The molecule has 0 aromatic heterocycles. The maximum atomic E-state index is 13.5. The molecule has 1 N–H and O–H groups in total. The van der Waals surface area contributed by atoms with Crippen LogP contribution in [0.1, 0.15) is 43.2 Å². The van der Waals surface area contributed by atoms with E-state index in [-0.39, 0.29) is 11.7 Å². The van der Waals surface area contributed by atoms with Crippen molar-refractivity contribution in [3.63, 3.8) is 0 Å². The lowest BCUT2D eigenvalue weighted by atomic mass is 9.85. The van der Waals surface area contributed by atoms with Crippen molar-refractivity contribution in [2.75, 3.05) is 24.5 Å². The lowest BCUT2D eigenvalue weighted by Crippen LogP contribution is -2.57. The van der Waals surface area contributed by atoms with Crippen molar-refractivity contribution in [2.45, 2.75) is 57.7 Å². The molecule has 0 bridgehead atoms. The summed E-state index contributed by atoms with van der Waals surface area (Å²) < 4.78 is 0. The topological polar surface area (TPSA) is 35.6 Å². The molecule has 23 heavy (non-hydrogen) atoms. The Hall–Kier alpha value is -1.39. The third-order valence-electron chi connectivity index (χ3n) is 5.85. The van der Waals surface area contributed by atoms with Crippen LogP contribution in [-0.2, 0) is 4.79 Å². The maximum Gasteiger partial charge on any atom is 0.248 e. The quantitative estimate of drug-likeness (QED) is 0.865. The molecule has 0 aliphatic carbocycles. The maximum absolute atomic E-state index is 13.5. The van der Waals surface area contributed by atoms with Crippen LogP contribution < -0.4 is 10.2 Å². The lowest BCUT2D eigenvalue weighted by molar-refractivity contribution is -0.126. The minimum absolute atomic E-state index is 0.256. The Bertz CT molecular complexity index is 601. The fourth-order valence-corrected chi connectivity index (χ4v) is 4.88. The largest absolute Gasteiger partial charge is 0.317 e. The molecule has 1 atom stereocenters. The molecule has 1 aromatic carbocycles. The number of piperidine rings is 2. The fraction of sp³-hybridized carbons (Fsp3) is 0.632. The van der Waals surface area contributed by atoms with Crippen LogP contribution in [0.25, 0.3) is 0 Å². The standard InChI is InChI=1S/C19H27N3O/c1-14-11-15(2)13-16(12-14)22-17-5-3-4-10-21(17)19(18(22)23)6-8-20-9-7-19/h11-13,17,20H,3-10H2,1-2H3/t17-/m1/s1. The number of hydrogen-bond donors (Lipinski definition) is 1. The minimum Gasteiger partial charge on any atom is -0.317 e. The number of nitrogens with one attached hydrogen (secondary N) is 1. The predicted molar refractivity (Wildman–Crippen MR) is 92.6 cm³/mol. The van der Waals surface area contributed by atoms with Gasteiger partial charge in [0.05, 0.1) is 6.17 Å². The molecule has 3 aliphatic heterocycles. The molecule has 3 fully saturated rings. The van der Waals surface area contributed by atoms with Crippen molar-refractivity contribution in [3.05, 3.63) is 29.3 Å². The molecule has 4 heteroatoms. The predicted octanol–water partition coefficient (Wildman–Crippen LogP) is 2.58. The summed E-state index contributed by atoms with van der Waals surface area (Å²) in [6, 6.07) is 6.54. The first-order chi connectivity index (χ1) is 11.1. The summed E-state index contributed by atoms with van der Waals surface area (Å²) >= 11 is 0. The third-order valence-corrected chi connectivity index (χ3v) is 5.85. The highest BCUT2D eigenvalue weighted by atomic mass is 16.2. The van der Waals surface area contributed by atoms with Crippen LogP contribution in [0.2, 0.25) is 0 Å². The van der Waals surface area contributed by atoms with Crippen molar-refractivity contribution in [1.82, 2.24) is 10.2 Å². The third kappa shape index (κ3) is 2.31. The van der Waals surface area contributed by atoms with Crippen molar-refractivity contribution in [3.8, 4) is 0 Å². The highest BCUT2D eigenvalue weighted by molar-refractivity contribution is 6.03. The average Bonchev–Trinajstić information content (AvgIpc) is 2.77. The Morgan fingerprint density at radius 3 is 2.48 bits per heavy atom. The number of fused-ring (bicyclic) bond motifs is 2. The van der Waals surface area contributed by atoms with Gasteiger partial charge < -0.3 is 5.32 Å². The number of aryl methyl sites for hydroxylation is 2. The van der Waals surface area contributed by atoms with Gasteiger partial charge in [0.15, 0.2) is 0 Å². The van der Waals surface area contributed by atoms with Crippen LogP contribution in [-0.4, -0.2) is 42.1 Å². The molecule has 1 aromatic rings. The van der Waals surface area contributed by atoms with Crippen LogP contribution in [0.3, 0.4) is 0 Å². The molecular formula is C19H27N3O. The van der Waals surface area contributed by atoms with E-state index in [0.29, 0.717) is 5.91 Å². The molecule has 4 nitrogen and oxygen atoms in total. The monoisotopic (exact) mass is 313 g/mol. The second-order valence-electron chi connectivity index (χ2n) is 7.47. The first-order valence-electron chi connectivity index (χ1n) is 9.01. The number of amides is 1. The van der Waals surface area contributed by atoms with Crippen LogP contribution in [0.5, 0.6) is 0 Å². The summed E-state index contributed by atoms with van der Waals surface area (Å²) in [5, 5.41) is 3.43. The molecule has 1 amide bonds. The lowest BCUT2D eigenvalue weighted by Gasteiger charge is -2.42. The van der Waals surface area contributed by atoms with E-state index in [1.807, 2.05) is 0 Å². The van der Waals surface area contributed by atoms with E-state index in [4.69, 9.17) is 0 Å². The van der Waals surface area contributed by atoms with Gasteiger partial charge in [0.2, 0.25) is 5.91 Å². The minimum atomic E-state index is -0.256. The first kappa shape index (κ1) is 15.2. The van der Waals surface area contributed by atoms with Gasteiger partial charge >= 0.3 is 0 Å². The van der Waals surface area contributed by atoms with E-state index >= 15 is 0 Å². The highest BCUT2D eigenvalue weighted by Gasteiger charge is 2.57. The zero-order valence-electron chi connectivity index (χ0n) is 14.3. The summed E-state index contributed by atoms with van der Waals surface area (Å²) in [5.41, 5.74) is 3.32. The molecule has 3 heterocycles. The number of carbonyl (C=O) groups excluding carboxylic acids is 1. The van der Waals surface area contributed by atoms with E-state index in [1.165, 1.54) is 24.0 Å². The van der Waals surface area contributed by atoms with Gasteiger partial charge in [-0.1, -0.05) is 6.07 Å². The van der Waals surface area contributed by atoms with Crippen LogP contribution in [0.15, 0.2) is 18.2 Å². The molecule has 1 spiro atoms. The Kier molecular flexibility index (Phi) is 3.69. The normalized spacial score (nSPS) is 27.5. The zero-order valence-corrected chi connectivity index (χ0v) is 14.3. The summed E-state index contributed by atoms with van der Waals surface area (Å²) in [7, 11) is 0. The summed E-state index contributed by atoms with van der Waals surface area (Å²) in [6.45, 7) is 7.22. The molecule has 3 saturated heterocycles. The van der Waals surface area contributed by atoms with Gasteiger partial charge in [-0.2, -0.15) is 0 Å². The molecule has 124 valence electrons. The van der Waals surface area contributed by atoms with Crippen molar-refractivity contribution in [1.29, 1.82) is 0 Å². The van der Waals surface area contributed by atoms with E-state index in [9.17, 15) is 4.79 Å². The zero-order chi connectivity index (χ0) is 16.0. The second kappa shape index (κ2) is 5.60. The molecule has 0 radical (unpaired) electrons. The van der Waals surface area contributed by atoms with Gasteiger partial charge in [0.1, 0.15) is 5.54 Å². The first-order valence-corrected chi connectivity index (χ1v) is 9.01. The van der Waals surface area contributed by atoms with E-state index in [1.54, 1.807) is 0 Å². The van der Waals surface area contributed by atoms with Gasteiger partial charge in [-0.3, -0.25) is 14.6 Å². The number of carbonyl (C=O) groups is 1. The van der Waals surface area contributed by atoms with Crippen LogP contribution >= 0.6 is 0 Å². The van der Waals surface area contributed by atoms with Crippen LogP contribution in [0.4, 0.5) is 5.69 Å². The van der Waals surface area contributed by atoms with E-state index < -0.39 is 0 Å². The second-order valence-corrected chi connectivity index (χ2v) is 7.47. The SMILES string of the molecule is Cc1cc(C)cc(N2C(=O)C3(CCNCC3)N3CCCC[C@@H]23)c1. The number of anilines is 1.